The van der Waals surface area contributed by atoms with Crippen molar-refractivity contribution in [2.45, 2.75) is 38.1 Å². The number of benzene rings is 2. The molecule has 1 amide bonds. The number of fused-ring (bicyclic) bond motifs is 1. The van der Waals surface area contributed by atoms with Crippen LogP contribution in [-0.4, -0.2) is 11.4 Å². The van der Waals surface area contributed by atoms with Gasteiger partial charge in [0, 0.05) is 16.5 Å². The maximum absolute atomic E-state index is 13.8. The summed E-state index contributed by atoms with van der Waals surface area (Å²) in [4.78, 5) is 12.5. The summed E-state index contributed by atoms with van der Waals surface area (Å²) in [6.07, 6.45) is 4.18. The second-order valence-corrected chi connectivity index (χ2v) is 5.58. The zero-order valence-electron chi connectivity index (χ0n) is 11.6. The number of halogens is 1. The Hall–Kier alpha value is -1.90. The van der Waals surface area contributed by atoms with Crippen LogP contribution in [-0.2, 0) is 0 Å². The van der Waals surface area contributed by atoms with Gasteiger partial charge in [-0.1, -0.05) is 31.2 Å². The molecule has 2 aromatic rings. The van der Waals surface area contributed by atoms with E-state index in [2.05, 4.69) is 12.2 Å². The molecule has 1 aliphatic rings. The average Bonchev–Trinajstić information content (AvgIpc) is 2.43. The molecule has 0 aromatic heterocycles. The Labute approximate surface area is 118 Å². The monoisotopic (exact) mass is 271 g/mol. The zero-order valence-corrected chi connectivity index (χ0v) is 11.6. The number of hydrogen-bond donors (Lipinski definition) is 1. The van der Waals surface area contributed by atoms with E-state index >= 15 is 0 Å². The Bertz CT molecular complexity index is 656. The highest BCUT2D eigenvalue weighted by molar-refractivity contribution is 6.07. The van der Waals surface area contributed by atoms with Crippen LogP contribution < -0.4 is 5.32 Å². The lowest BCUT2D eigenvalue weighted by molar-refractivity contribution is 0.0822. The van der Waals surface area contributed by atoms with Gasteiger partial charge in [0.05, 0.1) is 0 Å². The van der Waals surface area contributed by atoms with Crippen LogP contribution in [0.5, 0.6) is 0 Å². The van der Waals surface area contributed by atoms with Gasteiger partial charge >= 0.3 is 0 Å². The molecule has 1 aliphatic carbocycles. The molecule has 20 heavy (non-hydrogen) atoms. The number of amides is 1. The van der Waals surface area contributed by atoms with E-state index in [1.165, 1.54) is 6.07 Å². The van der Waals surface area contributed by atoms with Crippen LogP contribution >= 0.6 is 0 Å². The van der Waals surface area contributed by atoms with Gasteiger partial charge < -0.3 is 5.32 Å². The predicted octanol–water partition coefficient (Wildman–Crippen LogP) is 4.04. The Morgan fingerprint density at radius 1 is 1.20 bits per heavy atom. The number of hydrogen-bond acceptors (Lipinski definition) is 1. The van der Waals surface area contributed by atoms with Gasteiger partial charge in [-0.25, -0.2) is 4.39 Å². The highest BCUT2D eigenvalue weighted by Crippen LogP contribution is 2.35. The van der Waals surface area contributed by atoms with Crippen LogP contribution in [0.3, 0.4) is 0 Å². The first-order valence-corrected chi connectivity index (χ1v) is 7.15. The number of nitrogens with one attached hydrogen (secondary N) is 1. The van der Waals surface area contributed by atoms with Gasteiger partial charge in [0.15, 0.2) is 0 Å². The fourth-order valence-corrected chi connectivity index (χ4v) is 2.94. The first-order valence-electron chi connectivity index (χ1n) is 7.15. The van der Waals surface area contributed by atoms with Crippen molar-refractivity contribution in [3.8, 4) is 0 Å². The van der Waals surface area contributed by atoms with E-state index in [9.17, 15) is 9.18 Å². The summed E-state index contributed by atoms with van der Waals surface area (Å²) in [5, 5.41) is 4.32. The summed E-state index contributed by atoms with van der Waals surface area (Å²) in [5.41, 5.74) is 0.508. The predicted molar refractivity (Wildman–Crippen MR) is 78.2 cm³/mol. The van der Waals surface area contributed by atoms with E-state index in [1.54, 1.807) is 24.3 Å². The van der Waals surface area contributed by atoms with Gasteiger partial charge in [0.2, 0.25) is 0 Å². The van der Waals surface area contributed by atoms with Crippen molar-refractivity contribution in [2.24, 2.45) is 0 Å². The van der Waals surface area contributed by atoms with Crippen molar-refractivity contribution in [3.63, 3.8) is 0 Å². The molecule has 0 aliphatic heterocycles. The Morgan fingerprint density at radius 2 is 1.90 bits per heavy atom. The SMILES string of the molecule is CCC1(NC(=O)c2ccc(F)c3ccccc23)CCC1. The van der Waals surface area contributed by atoms with E-state index in [-0.39, 0.29) is 17.3 Å². The Kier molecular flexibility index (Phi) is 3.20. The first-order chi connectivity index (χ1) is 9.65. The molecule has 104 valence electrons. The van der Waals surface area contributed by atoms with Gasteiger partial charge in [-0.3, -0.25) is 4.79 Å². The van der Waals surface area contributed by atoms with Gasteiger partial charge in [-0.2, -0.15) is 0 Å². The highest BCUT2D eigenvalue weighted by Gasteiger charge is 2.36. The second-order valence-electron chi connectivity index (χ2n) is 5.58. The molecule has 2 aromatic carbocycles. The minimum atomic E-state index is -0.286. The smallest absolute Gasteiger partial charge is 0.252 e. The summed E-state index contributed by atoms with van der Waals surface area (Å²) in [5.74, 6) is -0.381. The Morgan fingerprint density at radius 3 is 2.50 bits per heavy atom. The van der Waals surface area contributed by atoms with Crippen LogP contribution in [0.15, 0.2) is 36.4 Å². The first kappa shape index (κ1) is 13.1. The zero-order chi connectivity index (χ0) is 14.2. The second kappa shape index (κ2) is 4.89. The van der Waals surface area contributed by atoms with Crippen LogP contribution in [0.25, 0.3) is 10.8 Å². The molecule has 0 saturated heterocycles. The molecule has 0 radical (unpaired) electrons. The minimum Gasteiger partial charge on any atom is -0.347 e. The van der Waals surface area contributed by atoms with Gasteiger partial charge in [0.25, 0.3) is 5.91 Å². The maximum Gasteiger partial charge on any atom is 0.252 e. The molecule has 1 saturated carbocycles. The number of carbonyl (C=O) groups excluding carboxylic acids is 1. The number of rotatable bonds is 3. The molecule has 1 N–H and O–H groups in total. The number of carbonyl (C=O) groups is 1. The third kappa shape index (κ3) is 2.07. The van der Waals surface area contributed by atoms with Crippen molar-refractivity contribution in [2.75, 3.05) is 0 Å². The van der Waals surface area contributed by atoms with Crippen LogP contribution in [0.2, 0.25) is 0 Å². The summed E-state index contributed by atoms with van der Waals surface area (Å²) in [6, 6.07) is 10.1. The molecule has 3 heteroatoms. The normalized spacial score (nSPS) is 16.7. The third-order valence-electron chi connectivity index (χ3n) is 4.48. The van der Waals surface area contributed by atoms with Crippen molar-refractivity contribution in [1.82, 2.24) is 5.32 Å². The van der Waals surface area contributed by atoms with Gasteiger partial charge in [-0.15, -0.1) is 0 Å². The fraction of sp³-hybridized carbons (Fsp3) is 0.353. The van der Waals surface area contributed by atoms with Crippen molar-refractivity contribution >= 4 is 16.7 Å². The van der Waals surface area contributed by atoms with E-state index in [0.717, 1.165) is 25.7 Å². The molecule has 2 nitrogen and oxygen atoms in total. The quantitative estimate of drug-likeness (QED) is 0.896. The standard InChI is InChI=1S/C17H18FNO/c1-2-17(10-5-11-17)19-16(20)14-8-9-15(18)13-7-4-3-6-12(13)14/h3-4,6-9H,2,5,10-11H2,1H3,(H,19,20). The minimum absolute atomic E-state index is 0.0490. The van der Waals surface area contributed by atoms with E-state index in [0.29, 0.717) is 16.3 Å². The lowest BCUT2D eigenvalue weighted by Crippen LogP contribution is -2.53. The summed E-state index contributed by atoms with van der Waals surface area (Å²) >= 11 is 0. The molecule has 0 unspecified atom stereocenters. The van der Waals surface area contributed by atoms with Crippen molar-refractivity contribution in [1.29, 1.82) is 0 Å². The van der Waals surface area contributed by atoms with E-state index in [1.807, 2.05) is 6.07 Å². The molecular weight excluding hydrogens is 253 g/mol. The molecule has 0 atom stereocenters. The fourth-order valence-electron chi connectivity index (χ4n) is 2.94. The molecule has 3 rings (SSSR count). The lowest BCUT2D eigenvalue weighted by Gasteiger charge is -2.42. The molecular formula is C17H18FNO. The largest absolute Gasteiger partial charge is 0.347 e. The molecule has 0 bridgehead atoms. The molecule has 1 fully saturated rings. The maximum atomic E-state index is 13.8. The summed E-state index contributed by atoms with van der Waals surface area (Å²) in [7, 11) is 0. The lowest BCUT2D eigenvalue weighted by atomic mass is 9.74. The van der Waals surface area contributed by atoms with E-state index in [4.69, 9.17) is 0 Å². The van der Waals surface area contributed by atoms with Crippen molar-refractivity contribution in [3.05, 3.63) is 47.8 Å². The summed E-state index contributed by atoms with van der Waals surface area (Å²) < 4.78 is 13.8. The summed E-state index contributed by atoms with van der Waals surface area (Å²) in [6.45, 7) is 2.10. The van der Waals surface area contributed by atoms with Crippen LogP contribution in [0.1, 0.15) is 43.0 Å². The van der Waals surface area contributed by atoms with E-state index < -0.39 is 0 Å². The van der Waals surface area contributed by atoms with Crippen LogP contribution in [0, 0.1) is 5.82 Å². The van der Waals surface area contributed by atoms with Crippen LogP contribution in [0.4, 0.5) is 4.39 Å². The topological polar surface area (TPSA) is 29.1 Å². The van der Waals surface area contributed by atoms with Crippen molar-refractivity contribution < 1.29 is 9.18 Å². The third-order valence-corrected chi connectivity index (χ3v) is 4.48. The van der Waals surface area contributed by atoms with Gasteiger partial charge in [0.1, 0.15) is 5.82 Å². The molecule has 0 spiro atoms. The van der Waals surface area contributed by atoms with Gasteiger partial charge in [-0.05, 0) is 43.2 Å². The molecule has 0 heterocycles. The highest BCUT2D eigenvalue weighted by atomic mass is 19.1. The Balaban J connectivity index is 1.98. The average molecular weight is 271 g/mol.